The molecule has 0 aliphatic carbocycles. The van der Waals surface area contributed by atoms with Gasteiger partial charge in [0.15, 0.2) is 0 Å². The lowest BCUT2D eigenvalue weighted by Crippen LogP contribution is -2.17. The first-order chi connectivity index (χ1) is 24.5. The monoisotopic (exact) mass is 742 g/mol. The summed E-state index contributed by atoms with van der Waals surface area (Å²) >= 11 is 5.82. The Morgan fingerprint density at radius 2 is 1.24 bits per heavy atom. The first-order valence-electron chi connectivity index (χ1n) is 15.4. The Labute approximate surface area is 309 Å². The Balaban J connectivity index is 1.39. The molecule has 0 aromatic carbocycles. The summed E-state index contributed by atoms with van der Waals surface area (Å²) in [6.07, 6.45) is 3.98. The first kappa shape index (κ1) is 35.4. The molecule has 0 atom stereocenters. The highest BCUT2D eigenvalue weighted by molar-refractivity contribution is 7.16. The van der Waals surface area contributed by atoms with Crippen LogP contribution in [-0.2, 0) is 0 Å². The van der Waals surface area contributed by atoms with E-state index in [1.54, 1.807) is 30.4 Å². The fourth-order valence-corrected chi connectivity index (χ4v) is 10.5. The maximum atomic E-state index is 14.9. The third-order valence-corrected chi connectivity index (χ3v) is 12.7. The van der Waals surface area contributed by atoms with Gasteiger partial charge in [-0.15, -0.1) is 45.3 Å². The second kappa shape index (κ2) is 14.4. The topological polar surface area (TPSA) is 112 Å². The zero-order chi connectivity index (χ0) is 36.6. The van der Waals surface area contributed by atoms with Gasteiger partial charge in [-0.3, -0.25) is 13.6 Å². The first-order valence-corrected chi connectivity index (χ1v) is 18.7. The highest BCUT2D eigenvalue weighted by Gasteiger charge is 2.32. The molecule has 0 fully saturated rings. The second-order valence-corrected chi connectivity index (χ2v) is 16.0. The van der Waals surface area contributed by atoms with Crippen molar-refractivity contribution in [3.8, 4) is 34.7 Å². The van der Waals surface area contributed by atoms with E-state index in [1.165, 1.54) is 34.0 Å². The van der Waals surface area contributed by atoms with E-state index in [9.17, 15) is 29.7 Å². The largest absolute Gasteiger partial charge is 0.677 e. The van der Waals surface area contributed by atoms with E-state index in [2.05, 4.69) is 0 Å². The minimum Gasteiger partial charge on any atom is -0.329 e. The van der Waals surface area contributed by atoms with Crippen LogP contribution >= 0.6 is 45.3 Å². The number of aromatic nitrogens is 1. The molecule has 0 unspecified atom stereocenters. The molecular formula is C38H25BF2N6S4. The maximum Gasteiger partial charge on any atom is 0.677 e. The van der Waals surface area contributed by atoms with Crippen LogP contribution in [0, 0.1) is 59.2 Å². The number of halogens is 2. The predicted octanol–water partition coefficient (Wildman–Crippen LogP) is 7.52. The lowest BCUT2D eigenvalue weighted by atomic mass is 9.98. The molecule has 0 N–H and O–H groups in total. The van der Waals surface area contributed by atoms with Crippen LogP contribution in [-0.4, -0.2) is 17.6 Å². The molecule has 0 saturated heterocycles. The van der Waals surface area contributed by atoms with Gasteiger partial charge in [-0.25, -0.2) is 0 Å². The molecule has 1 aliphatic rings. The van der Waals surface area contributed by atoms with E-state index >= 15 is 0 Å². The SMILES string of the molecule is CC1=N/C(=C(/C)c2c(C)c(-c3ccc(/C=c4\ccc(=C(C#N)C#N)s4)s3)c(C)n2B(F)F)C(C)=C1c1ccc(/C=c2\ccc(=C(C#N)C#N)s2)s1. The van der Waals surface area contributed by atoms with E-state index in [1.807, 2.05) is 101 Å². The third-order valence-electron chi connectivity index (χ3n) is 8.48. The fraction of sp³-hybridized carbons (Fsp3) is 0.132. The smallest absolute Gasteiger partial charge is 0.329 e. The minimum atomic E-state index is -2.76. The van der Waals surface area contributed by atoms with Crippen LogP contribution in [0.4, 0.5) is 8.63 Å². The number of aliphatic imine (C=N–C) groups is 1. The average Bonchev–Trinajstić information content (AvgIpc) is 3.96. The molecule has 0 saturated carbocycles. The molecule has 13 heteroatoms. The van der Waals surface area contributed by atoms with Gasteiger partial charge < -0.3 is 4.48 Å². The van der Waals surface area contributed by atoms with E-state index in [0.29, 0.717) is 31.7 Å². The Hall–Kier alpha value is -5.41. The maximum absolute atomic E-state index is 14.9. The quantitative estimate of drug-likeness (QED) is 0.168. The molecule has 0 bridgehead atoms. The number of nitrogens with zero attached hydrogens (tertiary/aromatic N) is 6. The Morgan fingerprint density at radius 3 is 1.75 bits per heavy atom. The van der Waals surface area contributed by atoms with Crippen LogP contribution in [0.15, 0.2) is 64.8 Å². The Kier molecular flexibility index (Phi) is 10.0. The van der Waals surface area contributed by atoms with Crippen molar-refractivity contribution in [2.24, 2.45) is 4.99 Å². The third kappa shape index (κ3) is 6.62. The highest BCUT2D eigenvalue weighted by atomic mass is 32.1. The van der Waals surface area contributed by atoms with Gasteiger partial charge in [0, 0.05) is 56.8 Å². The molecule has 0 amide bonds. The van der Waals surface area contributed by atoms with Gasteiger partial charge in [0.25, 0.3) is 0 Å². The van der Waals surface area contributed by atoms with Gasteiger partial charge in [0.2, 0.25) is 0 Å². The van der Waals surface area contributed by atoms with Crippen LogP contribution in [0.2, 0.25) is 0 Å². The van der Waals surface area contributed by atoms with E-state index in [0.717, 1.165) is 61.0 Å². The fourth-order valence-electron chi connectivity index (χ4n) is 6.28. The molecule has 5 aromatic heterocycles. The second-order valence-electron chi connectivity index (χ2n) is 11.5. The summed E-state index contributed by atoms with van der Waals surface area (Å²) in [5, 5.41) is 36.8. The van der Waals surface area contributed by atoms with Crippen molar-refractivity contribution in [2.75, 3.05) is 0 Å². The Morgan fingerprint density at radius 1 is 0.725 bits per heavy atom. The molecule has 6 rings (SSSR count). The zero-order valence-corrected chi connectivity index (χ0v) is 31.2. The summed E-state index contributed by atoms with van der Waals surface area (Å²) in [5.74, 6) is 0. The summed E-state index contributed by atoms with van der Waals surface area (Å²) in [5.41, 5.74) is 6.62. The molecule has 6 heterocycles. The normalized spacial score (nSPS) is 14.2. The lowest BCUT2D eigenvalue weighted by Gasteiger charge is -2.12. The zero-order valence-electron chi connectivity index (χ0n) is 27.9. The van der Waals surface area contributed by atoms with Gasteiger partial charge in [-0.1, -0.05) is 0 Å². The molecule has 0 radical (unpaired) electrons. The summed E-state index contributed by atoms with van der Waals surface area (Å²) in [6.45, 7) is 9.38. The molecule has 6 nitrogen and oxygen atoms in total. The number of nitriles is 4. The van der Waals surface area contributed by atoms with Gasteiger partial charge in [-0.05, 0) is 112 Å². The van der Waals surface area contributed by atoms with Crippen LogP contribution in [0.25, 0.3) is 44.9 Å². The molecule has 1 aliphatic heterocycles. The summed E-state index contributed by atoms with van der Waals surface area (Å²) in [4.78, 5) is 8.72. The summed E-state index contributed by atoms with van der Waals surface area (Å²) < 4.78 is 33.9. The molecule has 5 aromatic rings. The summed E-state index contributed by atoms with van der Waals surface area (Å²) in [7, 11) is -2.76. The number of hydrogen-bond donors (Lipinski definition) is 0. The van der Waals surface area contributed by atoms with Crippen molar-refractivity contribution in [3.05, 3.63) is 110 Å². The van der Waals surface area contributed by atoms with Crippen LogP contribution in [0.5, 0.6) is 0 Å². The van der Waals surface area contributed by atoms with Crippen LogP contribution in [0.3, 0.4) is 0 Å². The van der Waals surface area contributed by atoms with Crippen molar-refractivity contribution in [2.45, 2.75) is 34.6 Å². The van der Waals surface area contributed by atoms with E-state index in [-0.39, 0.29) is 11.1 Å². The van der Waals surface area contributed by atoms with Gasteiger partial charge in [-0.2, -0.15) is 21.0 Å². The number of hydrogen-bond acceptors (Lipinski definition) is 9. The standard InChI is InChI=1S/C38H25BF2N6S4/c1-20-35(33-12-8-29(50-33)14-27-6-10-31(48-27)25(16-42)17-43)23(4)46-37(20)22(3)38-21(2)36(24(5)47(38)39(40)41)34-13-9-30(51-34)15-28-7-11-32(49-28)26(18-44)19-45/h6-15H,1-5H3/b27-14+,28-15+,37-22-. The lowest BCUT2D eigenvalue weighted by molar-refractivity contribution is 0.624. The molecule has 0 spiro atoms. The summed E-state index contributed by atoms with van der Waals surface area (Å²) in [6, 6.07) is 22.9. The predicted molar refractivity (Wildman–Crippen MR) is 207 cm³/mol. The average molecular weight is 743 g/mol. The van der Waals surface area contributed by atoms with Gasteiger partial charge in [0.05, 0.1) is 14.8 Å². The molecule has 248 valence electrons. The van der Waals surface area contributed by atoms with Crippen molar-refractivity contribution in [3.63, 3.8) is 0 Å². The van der Waals surface area contributed by atoms with Crippen molar-refractivity contribution in [1.82, 2.24) is 4.48 Å². The minimum absolute atomic E-state index is 0.0672. The highest BCUT2D eigenvalue weighted by Crippen LogP contribution is 2.43. The van der Waals surface area contributed by atoms with Crippen molar-refractivity contribution < 1.29 is 8.63 Å². The van der Waals surface area contributed by atoms with Crippen LogP contribution < -0.4 is 18.1 Å². The van der Waals surface area contributed by atoms with Gasteiger partial charge in [0.1, 0.15) is 35.4 Å². The van der Waals surface area contributed by atoms with E-state index in [4.69, 9.17) is 4.99 Å². The van der Waals surface area contributed by atoms with Crippen LogP contribution in [0.1, 0.15) is 52.4 Å². The van der Waals surface area contributed by atoms with Crippen molar-refractivity contribution >= 4 is 92.9 Å². The van der Waals surface area contributed by atoms with Gasteiger partial charge >= 0.3 is 7.40 Å². The number of thiophene rings is 4. The molecular weight excluding hydrogens is 718 g/mol. The van der Waals surface area contributed by atoms with Crippen molar-refractivity contribution in [1.29, 1.82) is 21.0 Å². The molecule has 51 heavy (non-hydrogen) atoms. The van der Waals surface area contributed by atoms with E-state index < -0.39 is 7.40 Å². The number of allylic oxidation sites excluding steroid dienone is 3. The number of rotatable bonds is 6. The Bertz CT molecular complexity index is 2760.